The van der Waals surface area contributed by atoms with E-state index in [-0.39, 0.29) is 56.6 Å². The SMILES string of the molecule is CC1NN(CCN2CCN(C)CC2)c2[nH]c(=O)c3ccccc3c21.CC1NN(CCN2CCOCC2)c2[nH]c(=O)c3ccccc3c21.CN1CCC(c2c[nH]c(=O)c3c(F)cccc23)CC1.CN1CCC(c2c[nH]c(=O)c3ccc(F)cc23)CC1.Cc1ccc2c(C3CCN(C)CC3)c[nH]c(=O)c2c1.Cc1nn(CCN2CCCC2)c2[nH]c(=O)c3ccccc3c12. The Balaban J connectivity index is 0.000000112. The number of benzene rings is 6. The Bertz CT molecular complexity index is 6370. The summed E-state index contributed by atoms with van der Waals surface area (Å²) in [5.74, 6) is 2.49. The number of pyridine rings is 6. The van der Waals surface area contributed by atoms with Gasteiger partial charge in [-0.1, -0.05) is 84.4 Å². The first-order chi connectivity index (χ1) is 61.1. The average Bonchev–Trinajstić information content (AvgIpc) is 1.69. The molecule has 2 atom stereocenters. The predicted octanol–water partition coefficient (Wildman–Crippen LogP) is 12.3. The molecule has 8 aliphatic heterocycles. The van der Waals surface area contributed by atoms with E-state index in [9.17, 15) is 37.5 Å². The molecular weight excluding hydrogens is 1590 g/mol. The van der Waals surface area contributed by atoms with Gasteiger partial charge in [0.15, 0.2) is 0 Å². The number of likely N-dealkylation sites (tertiary alicyclic amines) is 4. The number of aromatic amines is 6. The molecule has 2 unspecified atom stereocenters. The number of likely N-dealkylation sites (N-methyl/N-ethyl adjacent to an activating group) is 1. The summed E-state index contributed by atoms with van der Waals surface area (Å²) in [6.45, 7) is 30.7. The van der Waals surface area contributed by atoms with Crippen LogP contribution in [0.5, 0.6) is 0 Å². The highest BCUT2D eigenvalue weighted by atomic mass is 19.1. The number of rotatable bonds is 12. The highest BCUT2D eigenvalue weighted by Crippen LogP contribution is 2.39. The van der Waals surface area contributed by atoms with Gasteiger partial charge in [-0.2, -0.15) is 5.10 Å². The number of piperidine rings is 3. The van der Waals surface area contributed by atoms with E-state index in [2.05, 4.69) is 144 Å². The Hall–Kier alpha value is -10.9. The van der Waals surface area contributed by atoms with Crippen molar-refractivity contribution in [3.05, 3.63) is 259 Å². The fourth-order valence-electron chi connectivity index (χ4n) is 19.7. The van der Waals surface area contributed by atoms with Gasteiger partial charge in [-0.3, -0.25) is 48.6 Å². The summed E-state index contributed by atoms with van der Waals surface area (Å²) >= 11 is 0. The number of nitrogens with one attached hydrogen (secondary N) is 8. The lowest BCUT2D eigenvalue weighted by atomic mass is 9.87. The number of halogens is 2. The molecule has 0 saturated carbocycles. The van der Waals surface area contributed by atoms with Crippen LogP contribution in [-0.2, 0) is 11.3 Å². The summed E-state index contributed by atoms with van der Waals surface area (Å²) in [5, 5.41) is 19.5. The maximum Gasteiger partial charge on any atom is 0.258 e. The Kier molecular flexibility index (Phi) is 28.1. The lowest BCUT2D eigenvalue weighted by molar-refractivity contribution is 0.0389. The van der Waals surface area contributed by atoms with Crippen molar-refractivity contribution >= 4 is 87.3 Å². The molecule has 0 spiro atoms. The van der Waals surface area contributed by atoms with E-state index in [4.69, 9.17) is 4.74 Å². The molecule has 28 heteroatoms. The number of aromatic nitrogens is 8. The zero-order valence-electron chi connectivity index (χ0n) is 74.0. The van der Waals surface area contributed by atoms with Crippen molar-refractivity contribution in [1.29, 1.82) is 0 Å². The van der Waals surface area contributed by atoms with Crippen LogP contribution in [0.15, 0.2) is 175 Å². The van der Waals surface area contributed by atoms with Gasteiger partial charge in [0.1, 0.15) is 28.9 Å². The fraction of sp³-hybridized carbons (Fsp3) is 0.439. The first-order valence-electron chi connectivity index (χ1n) is 45.1. The lowest BCUT2D eigenvalue weighted by Crippen LogP contribution is -2.48. The highest BCUT2D eigenvalue weighted by Gasteiger charge is 2.33. The molecule has 7 aromatic heterocycles. The third-order valence-electron chi connectivity index (χ3n) is 27.0. The van der Waals surface area contributed by atoms with Crippen LogP contribution in [0.25, 0.3) is 75.7 Å². The molecule has 0 radical (unpaired) electrons. The van der Waals surface area contributed by atoms with E-state index < -0.39 is 5.82 Å². The molecule has 8 aliphatic rings. The van der Waals surface area contributed by atoms with Crippen molar-refractivity contribution < 1.29 is 13.5 Å². The number of fused-ring (bicyclic) bond motifs is 12. The van der Waals surface area contributed by atoms with Crippen LogP contribution in [0.1, 0.15) is 134 Å². The molecule has 15 heterocycles. The third kappa shape index (κ3) is 19.9. The average molecular weight is 1720 g/mol. The molecule has 664 valence electrons. The summed E-state index contributed by atoms with van der Waals surface area (Å²) in [5.41, 5.74) is 15.3. The van der Waals surface area contributed by atoms with Gasteiger partial charge >= 0.3 is 0 Å². The fourth-order valence-corrected chi connectivity index (χ4v) is 19.7. The van der Waals surface area contributed by atoms with Crippen LogP contribution in [0.2, 0.25) is 0 Å². The van der Waals surface area contributed by atoms with Crippen molar-refractivity contribution in [3.8, 4) is 0 Å². The molecule has 0 amide bonds. The van der Waals surface area contributed by atoms with Gasteiger partial charge in [-0.15, -0.1) is 0 Å². The van der Waals surface area contributed by atoms with E-state index in [0.29, 0.717) is 23.1 Å². The zero-order chi connectivity index (χ0) is 87.8. The minimum Gasteiger partial charge on any atom is -0.379 e. The largest absolute Gasteiger partial charge is 0.379 e. The molecule has 0 bridgehead atoms. The topological polar surface area (TPSA) is 277 Å². The minimum atomic E-state index is -0.437. The van der Waals surface area contributed by atoms with Crippen LogP contribution in [-0.4, -0.2) is 240 Å². The summed E-state index contributed by atoms with van der Waals surface area (Å²) in [7, 11) is 8.57. The molecule has 26 nitrogen and oxygen atoms in total. The number of hydrogen-bond donors (Lipinski definition) is 8. The number of anilines is 2. The highest BCUT2D eigenvalue weighted by molar-refractivity contribution is 6.05. The number of ether oxygens (including phenoxy) is 1. The minimum absolute atomic E-state index is 0.00940. The van der Waals surface area contributed by atoms with Gasteiger partial charge in [0.2, 0.25) is 0 Å². The summed E-state index contributed by atoms with van der Waals surface area (Å²) < 4.78 is 34.6. The second kappa shape index (κ2) is 40.0. The first kappa shape index (κ1) is 88.5. The standard InChI is InChI=1S/C18H25N5O.C17H22N4O2.C17H20N4O.C16H20N2O.2C15H17FN2O/c1-13-16-14-5-3-4-6-15(14)18(24)19-17(16)23(20-13)12-11-22-9-7-21(2)8-10-22;1-12-15-13-4-2-3-5-14(13)17(22)18-16(15)21(19-12)7-6-20-8-10-23-11-9-20;1-12-15-13-6-2-3-7-14(13)17(22)18-16(15)21(19-12)11-10-20-8-4-5-9-20;1-11-3-4-13-14(9-11)16(19)17-10-15(13)12-5-7-18(2)8-6-12;1-18-6-4-10(5-7-18)14-9-17-15(19)12-3-2-11(16)8-13(12)14;1-18-7-5-10(6-8-18)12-9-17-15(19)14-11(12)3-2-4-13(14)16/h3-6,13,20H,7-12H2,1-2H3,(H,19,24);2-5,12,19H,6-11H2,1H3,(H,18,22);2-3,6-7H,4-5,8-11H2,1H3,(H,18,22);3-4,9-10,12H,5-8H2,1-2H3,(H,17,19);2-3,8-10H,4-7H2,1H3,(H,17,19);2-4,9-10H,5-8H2,1H3,(H,17,19). The monoisotopic (exact) mass is 1710 g/mol. The Morgan fingerprint density at radius 2 is 0.802 bits per heavy atom. The van der Waals surface area contributed by atoms with Crippen LogP contribution >= 0.6 is 0 Å². The van der Waals surface area contributed by atoms with Crippen molar-refractivity contribution in [1.82, 2.24) is 84.8 Å². The lowest BCUT2D eigenvalue weighted by Gasteiger charge is -2.33. The first-order valence-corrected chi connectivity index (χ1v) is 45.1. The smallest absolute Gasteiger partial charge is 0.258 e. The Labute approximate surface area is 731 Å². The van der Waals surface area contributed by atoms with Crippen molar-refractivity contribution in [2.45, 2.75) is 115 Å². The normalized spacial score (nSPS) is 19.2. The van der Waals surface area contributed by atoms with Gasteiger partial charge in [0, 0.05) is 134 Å². The Morgan fingerprint density at radius 3 is 1.34 bits per heavy atom. The number of H-pyrrole nitrogens is 6. The Morgan fingerprint density at radius 1 is 0.381 bits per heavy atom. The molecular formula is C98H121F2N19O7. The maximum absolute atomic E-state index is 13.8. The van der Waals surface area contributed by atoms with Gasteiger partial charge in [-0.05, 0) is 275 Å². The second-order valence-electron chi connectivity index (χ2n) is 35.6. The number of hydrazine groups is 2. The zero-order valence-corrected chi connectivity index (χ0v) is 74.0. The molecule has 13 aromatic rings. The van der Waals surface area contributed by atoms with Gasteiger partial charge in [0.25, 0.3) is 33.4 Å². The van der Waals surface area contributed by atoms with Crippen molar-refractivity contribution in [3.63, 3.8) is 0 Å². The number of morpholine rings is 1. The van der Waals surface area contributed by atoms with E-state index in [1.54, 1.807) is 24.5 Å². The van der Waals surface area contributed by atoms with Crippen LogP contribution in [0.4, 0.5) is 20.4 Å². The van der Waals surface area contributed by atoms with E-state index >= 15 is 0 Å². The molecule has 0 aliphatic carbocycles. The van der Waals surface area contributed by atoms with E-state index in [1.165, 1.54) is 73.7 Å². The number of hydrogen-bond acceptors (Lipinski definition) is 19. The summed E-state index contributed by atoms with van der Waals surface area (Å²) in [6.07, 6.45) is 14.6. The summed E-state index contributed by atoms with van der Waals surface area (Å²) in [4.78, 5) is 107. The number of aryl methyl sites for hydroxylation is 2. The van der Waals surface area contributed by atoms with Gasteiger partial charge in [-0.25, -0.2) is 24.3 Å². The maximum atomic E-state index is 13.8. The predicted molar refractivity (Wildman–Crippen MR) is 503 cm³/mol. The van der Waals surface area contributed by atoms with Crippen molar-refractivity contribution in [2.75, 3.05) is 176 Å². The van der Waals surface area contributed by atoms with E-state index in [1.807, 2.05) is 110 Å². The number of nitrogens with zero attached hydrogens (tertiary/aromatic N) is 11. The molecule has 8 N–H and O–H groups in total. The molecule has 6 aromatic carbocycles. The molecule has 126 heavy (non-hydrogen) atoms. The van der Waals surface area contributed by atoms with Crippen LogP contribution < -0.4 is 54.2 Å². The van der Waals surface area contributed by atoms with Crippen LogP contribution in [0, 0.1) is 25.5 Å². The van der Waals surface area contributed by atoms with Gasteiger partial charge < -0.3 is 59.1 Å². The number of piperazine rings is 1. The third-order valence-corrected chi connectivity index (χ3v) is 27.0. The molecule has 6 saturated heterocycles. The van der Waals surface area contributed by atoms with Crippen molar-refractivity contribution in [2.24, 2.45) is 0 Å². The quantitative estimate of drug-likeness (QED) is 0.0564. The van der Waals surface area contributed by atoms with Crippen LogP contribution in [0.3, 0.4) is 0 Å². The van der Waals surface area contributed by atoms with E-state index in [0.717, 1.165) is 256 Å². The molecule has 6 fully saturated rings. The second-order valence-corrected chi connectivity index (χ2v) is 35.6. The van der Waals surface area contributed by atoms with Gasteiger partial charge in [0.05, 0.1) is 42.9 Å². The molecule has 21 rings (SSSR count). The summed E-state index contributed by atoms with van der Waals surface area (Å²) in [6, 6.07) is 39.3.